The summed E-state index contributed by atoms with van der Waals surface area (Å²) in [5.41, 5.74) is -0.146. The summed E-state index contributed by atoms with van der Waals surface area (Å²) in [4.78, 5) is 22.7. The second-order valence-electron chi connectivity index (χ2n) is 4.09. The number of rotatable bonds is 6. The third-order valence-electron chi connectivity index (χ3n) is 2.60. The first kappa shape index (κ1) is 15.6. The van der Waals surface area contributed by atoms with Gasteiger partial charge in [0.05, 0.1) is 0 Å². The molecule has 6 heteroatoms. The van der Waals surface area contributed by atoms with E-state index in [1.165, 1.54) is 0 Å². The molecule has 0 saturated heterocycles. The Morgan fingerprint density at radius 1 is 1.35 bits per heavy atom. The third kappa shape index (κ3) is 4.35. The van der Waals surface area contributed by atoms with Crippen LogP contribution in [0, 0.1) is 24.0 Å². The Bertz CT molecular complexity index is 552. The highest BCUT2D eigenvalue weighted by atomic mass is 19.2. The molecule has 0 aliphatic heterocycles. The maximum absolute atomic E-state index is 13.0. The largest absolute Gasteiger partial charge is 0.480 e. The monoisotopic (exact) mass is 281 g/mol. The third-order valence-corrected chi connectivity index (χ3v) is 2.60. The molecule has 1 atom stereocenters. The van der Waals surface area contributed by atoms with E-state index >= 15 is 0 Å². The number of nitrogens with one attached hydrogen (secondary N) is 1. The number of halogens is 2. The van der Waals surface area contributed by atoms with Crippen LogP contribution in [0.1, 0.15) is 29.6 Å². The van der Waals surface area contributed by atoms with Crippen molar-refractivity contribution in [1.29, 1.82) is 0 Å². The van der Waals surface area contributed by atoms with Gasteiger partial charge in [-0.25, -0.2) is 13.6 Å². The first-order valence-corrected chi connectivity index (χ1v) is 5.88. The number of carbonyl (C=O) groups excluding carboxylic acids is 1. The number of carboxylic acid groups (broad SMARTS) is 1. The number of aliphatic carboxylic acids is 1. The van der Waals surface area contributed by atoms with Crippen molar-refractivity contribution in [3.63, 3.8) is 0 Å². The molecule has 1 aromatic carbocycles. The van der Waals surface area contributed by atoms with Crippen molar-refractivity contribution in [2.75, 3.05) is 0 Å². The quantitative estimate of drug-likeness (QED) is 0.618. The average molecular weight is 281 g/mol. The average Bonchev–Trinajstić information content (AvgIpc) is 2.40. The molecule has 0 fully saturated rings. The van der Waals surface area contributed by atoms with Gasteiger partial charge in [0.15, 0.2) is 11.6 Å². The molecule has 1 amide bonds. The van der Waals surface area contributed by atoms with E-state index in [0.717, 1.165) is 12.1 Å². The molecule has 0 aliphatic carbocycles. The van der Waals surface area contributed by atoms with E-state index in [-0.39, 0.29) is 12.0 Å². The minimum absolute atomic E-state index is 0.146. The zero-order valence-electron chi connectivity index (χ0n) is 10.5. The van der Waals surface area contributed by atoms with Crippen molar-refractivity contribution in [3.05, 3.63) is 35.4 Å². The van der Waals surface area contributed by atoms with Gasteiger partial charge in [-0.3, -0.25) is 4.79 Å². The summed E-state index contributed by atoms with van der Waals surface area (Å²) < 4.78 is 25.7. The summed E-state index contributed by atoms with van der Waals surface area (Å²) in [5, 5.41) is 11.2. The van der Waals surface area contributed by atoms with Gasteiger partial charge in [-0.1, -0.05) is 0 Å². The zero-order chi connectivity index (χ0) is 15.1. The van der Waals surface area contributed by atoms with Crippen LogP contribution in [0.5, 0.6) is 0 Å². The maximum atomic E-state index is 13.0. The summed E-state index contributed by atoms with van der Waals surface area (Å²) in [6.07, 6.45) is 6.04. The second-order valence-corrected chi connectivity index (χ2v) is 4.09. The molecule has 0 radical (unpaired) electrons. The van der Waals surface area contributed by atoms with Crippen molar-refractivity contribution in [2.24, 2.45) is 0 Å². The van der Waals surface area contributed by atoms with E-state index in [1.807, 2.05) is 0 Å². The van der Waals surface area contributed by atoms with Crippen LogP contribution in [0.3, 0.4) is 0 Å². The summed E-state index contributed by atoms with van der Waals surface area (Å²) >= 11 is 0. The Hall–Kier alpha value is -2.42. The molecule has 1 aromatic rings. The molecule has 0 spiro atoms. The highest BCUT2D eigenvalue weighted by Crippen LogP contribution is 2.09. The van der Waals surface area contributed by atoms with Gasteiger partial charge in [0.25, 0.3) is 5.91 Å². The lowest BCUT2D eigenvalue weighted by Crippen LogP contribution is -2.40. The predicted octanol–water partition coefficient (Wildman–Crippen LogP) is 1.95. The fraction of sp³-hybridized carbons (Fsp3) is 0.286. The summed E-state index contributed by atoms with van der Waals surface area (Å²) in [7, 11) is 0. The fourth-order valence-electron chi connectivity index (χ4n) is 1.54. The zero-order valence-corrected chi connectivity index (χ0v) is 10.5. The van der Waals surface area contributed by atoms with Gasteiger partial charge in [0.2, 0.25) is 0 Å². The van der Waals surface area contributed by atoms with Crippen LogP contribution < -0.4 is 5.32 Å². The molecule has 0 aromatic heterocycles. The number of terminal acetylenes is 1. The van der Waals surface area contributed by atoms with Crippen LogP contribution in [0.15, 0.2) is 18.2 Å². The number of unbranched alkanes of at least 4 members (excludes halogenated alkanes) is 1. The van der Waals surface area contributed by atoms with Crippen LogP contribution in [0.25, 0.3) is 0 Å². The summed E-state index contributed by atoms with van der Waals surface area (Å²) in [6.45, 7) is 0. The standard InChI is InChI=1S/C14H13F2NO3/c1-2-3-4-5-12(14(19)20)17-13(18)9-6-7-10(15)11(16)8-9/h1,6-8,12H,3-5H2,(H,17,18)(H,19,20)/t12-/m1/s1. The number of carboxylic acids is 1. The van der Waals surface area contributed by atoms with Crippen LogP contribution >= 0.6 is 0 Å². The Kier molecular flexibility index (Phi) is 5.66. The highest BCUT2D eigenvalue weighted by molar-refractivity contribution is 5.96. The molecule has 0 aliphatic rings. The molecule has 0 unspecified atom stereocenters. The Morgan fingerprint density at radius 3 is 2.60 bits per heavy atom. The molecular weight excluding hydrogens is 268 g/mol. The molecule has 2 N–H and O–H groups in total. The number of benzene rings is 1. The Labute approximate surface area is 114 Å². The van der Waals surface area contributed by atoms with E-state index < -0.39 is 29.6 Å². The molecule has 20 heavy (non-hydrogen) atoms. The van der Waals surface area contributed by atoms with E-state index in [0.29, 0.717) is 18.9 Å². The molecule has 1 rings (SSSR count). The normalized spacial score (nSPS) is 11.4. The van der Waals surface area contributed by atoms with E-state index in [4.69, 9.17) is 11.5 Å². The van der Waals surface area contributed by atoms with Crippen molar-refractivity contribution in [2.45, 2.75) is 25.3 Å². The predicted molar refractivity (Wildman–Crippen MR) is 67.9 cm³/mol. The van der Waals surface area contributed by atoms with Crippen LogP contribution in [0.2, 0.25) is 0 Å². The fourth-order valence-corrected chi connectivity index (χ4v) is 1.54. The molecule has 0 bridgehead atoms. The second kappa shape index (κ2) is 7.24. The van der Waals surface area contributed by atoms with E-state index in [1.54, 1.807) is 0 Å². The van der Waals surface area contributed by atoms with E-state index in [2.05, 4.69) is 11.2 Å². The topological polar surface area (TPSA) is 66.4 Å². The van der Waals surface area contributed by atoms with Crippen LogP contribution in [-0.2, 0) is 4.79 Å². The van der Waals surface area contributed by atoms with Gasteiger partial charge >= 0.3 is 5.97 Å². The first-order valence-electron chi connectivity index (χ1n) is 5.88. The summed E-state index contributed by atoms with van der Waals surface area (Å²) in [6, 6.07) is 1.47. The van der Waals surface area contributed by atoms with Gasteiger partial charge in [-0.2, -0.15) is 0 Å². The molecule has 4 nitrogen and oxygen atoms in total. The molecule has 0 heterocycles. The Morgan fingerprint density at radius 2 is 2.05 bits per heavy atom. The van der Waals surface area contributed by atoms with Gasteiger partial charge in [0, 0.05) is 12.0 Å². The van der Waals surface area contributed by atoms with Crippen molar-refractivity contribution in [3.8, 4) is 12.3 Å². The number of amides is 1. The van der Waals surface area contributed by atoms with Gasteiger partial charge in [-0.15, -0.1) is 12.3 Å². The van der Waals surface area contributed by atoms with Crippen molar-refractivity contribution in [1.82, 2.24) is 5.32 Å². The van der Waals surface area contributed by atoms with Crippen molar-refractivity contribution >= 4 is 11.9 Å². The lowest BCUT2D eigenvalue weighted by Gasteiger charge is -2.14. The molecular formula is C14H13F2NO3. The number of hydrogen-bond acceptors (Lipinski definition) is 2. The number of hydrogen-bond donors (Lipinski definition) is 2. The molecule has 0 saturated carbocycles. The summed E-state index contributed by atoms with van der Waals surface area (Å²) in [5.74, 6) is -1.87. The number of carbonyl (C=O) groups is 2. The van der Waals surface area contributed by atoms with Crippen molar-refractivity contribution < 1.29 is 23.5 Å². The minimum atomic E-state index is -1.21. The van der Waals surface area contributed by atoms with Gasteiger partial charge in [0.1, 0.15) is 6.04 Å². The smallest absolute Gasteiger partial charge is 0.326 e. The SMILES string of the molecule is C#CCCC[C@@H](NC(=O)c1ccc(F)c(F)c1)C(=O)O. The van der Waals surface area contributed by atoms with Crippen LogP contribution in [-0.4, -0.2) is 23.0 Å². The van der Waals surface area contributed by atoms with Gasteiger partial charge < -0.3 is 10.4 Å². The maximum Gasteiger partial charge on any atom is 0.326 e. The Balaban J connectivity index is 2.72. The van der Waals surface area contributed by atoms with Crippen LogP contribution in [0.4, 0.5) is 8.78 Å². The lowest BCUT2D eigenvalue weighted by atomic mass is 10.1. The first-order chi connectivity index (χ1) is 9.45. The van der Waals surface area contributed by atoms with Gasteiger partial charge in [-0.05, 0) is 31.0 Å². The lowest BCUT2D eigenvalue weighted by molar-refractivity contribution is -0.139. The van der Waals surface area contributed by atoms with E-state index in [9.17, 15) is 18.4 Å². The molecule has 106 valence electrons. The minimum Gasteiger partial charge on any atom is -0.480 e. The highest BCUT2D eigenvalue weighted by Gasteiger charge is 2.20.